The van der Waals surface area contributed by atoms with Gasteiger partial charge in [-0.05, 0) is 55.0 Å². The molecule has 2 aromatic carbocycles. The molecule has 3 atom stereocenters. The molecule has 9 nitrogen and oxygen atoms in total. The molecule has 0 unspecified atom stereocenters. The van der Waals surface area contributed by atoms with E-state index in [4.69, 9.17) is 14.3 Å². The van der Waals surface area contributed by atoms with Gasteiger partial charge in [-0.3, -0.25) is 9.80 Å². The molecule has 1 N–H and O–H groups in total. The Kier molecular flexibility index (Phi) is 6.02. The second-order valence-electron chi connectivity index (χ2n) is 9.90. The van der Waals surface area contributed by atoms with Crippen LogP contribution in [0.3, 0.4) is 0 Å². The number of rotatable bonds is 7. The van der Waals surface area contributed by atoms with E-state index in [0.717, 1.165) is 48.9 Å². The van der Waals surface area contributed by atoms with Gasteiger partial charge in [0.2, 0.25) is 5.89 Å². The molecule has 0 bridgehead atoms. The molecule has 0 spiro atoms. The van der Waals surface area contributed by atoms with Crippen molar-refractivity contribution < 1.29 is 28.2 Å². The van der Waals surface area contributed by atoms with Gasteiger partial charge < -0.3 is 14.3 Å². The molecular weight excluding hydrogens is 479 g/mol. The van der Waals surface area contributed by atoms with Crippen molar-refractivity contribution in [2.45, 2.75) is 56.7 Å². The summed E-state index contributed by atoms with van der Waals surface area (Å²) >= 11 is 0. The summed E-state index contributed by atoms with van der Waals surface area (Å²) in [5.41, 5.74) is 2.72. The highest BCUT2D eigenvalue weighted by atomic mass is 19.1. The predicted molar refractivity (Wildman–Crippen MR) is 130 cm³/mol. The van der Waals surface area contributed by atoms with Gasteiger partial charge in [-0.1, -0.05) is 41.9 Å². The second-order valence-corrected chi connectivity index (χ2v) is 9.90. The molecule has 37 heavy (non-hydrogen) atoms. The number of carboxylic acids is 1. The van der Waals surface area contributed by atoms with E-state index >= 15 is 0 Å². The number of aromatic nitrogens is 2. The predicted octanol–water partition coefficient (Wildman–Crippen LogP) is 4.85. The molecule has 3 aliphatic rings. The fourth-order valence-corrected chi connectivity index (χ4v) is 5.86. The van der Waals surface area contributed by atoms with E-state index in [1.165, 1.54) is 12.1 Å². The maximum atomic E-state index is 13.3. The average Bonchev–Trinajstić information content (AvgIpc) is 3.42. The van der Waals surface area contributed by atoms with Crippen LogP contribution >= 0.6 is 0 Å². The highest BCUT2D eigenvalue weighted by Gasteiger charge is 2.52. The van der Waals surface area contributed by atoms with Crippen molar-refractivity contribution >= 4 is 23.8 Å². The Morgan fingerprint density at radius 1 is 1.08 bits per heavy atom. The van der Waals surface area contributed by atoms with Crippen LogP contribution in [0, 0.1) is 11.7 Å². The molecule has 192 valence electrons. The van der Waals surface area contributed by atoms with E-state index in [9.17, 15) is 14.0 Å². The van der Waals surface area contributed by atoms with Crippen LogP contribution in [0.15, 0.2) is 52.9 Å². The molecule has 0 saturated heterocycles. The van der Waals surface area contributed by atoms with E-state index < -0.39 is 18.7 Å². The van der Waals surface area contributed by atoms with Crippen molar-refractivity contribution in [3.05, 3.63) is 71.4 Å². The van der Waals surface area contributed by atoms with E-state index in [1.54, 1.807) is 17.0 Å². The number of hydrogen-bond donors (Lipinski definition) is 1. The first kappa shape index (κ1) is 23.4. The summed E-state index contributed by atoms with van der Waals surface area (Å²) in [6.07, 6.45) is 4.35. The largest absolute Gasteiger partial charge is 0.479 e. The van der Waals surface area contributed by atoms with Gasteiger partial charge in [0, 0.05) is 18.0 Å². The number of hydrogen-bond acceptors (Lipinski definition) is 7. The molecular formula is C27H27FN4O5. The van der Waals surface area contributed by atoms with Gasteiger partial charge >= 0.3 is 18.1 Å². The van der Waals surface area contributed by atoms with Gasteiger partial charge in [0.1, 0.15) is 5.82 Å². The van der Waals surface area contributed by atoms with E-state index in [0.29, 0.717) is 18.3 Å². The number of halogens is 1. The maximum absolute atomic E-state index is 13.3. The van der Waals surface area contributed by atoms with Crippen LogP contribution in [-0.4, -0.2) is 51.0 Å². The number of fused-ring (bicyclic) bond motifs is 2. The minimum absolute atomic E-state index is 0.0348. The van der Waals surface area contributed by atoms with Gasteiger partial charge in [-0.2, -0.15) is 0 Å². The van der Waals surface area contributed by atoms with Gasteiger partial charge in [0.25, 0.3) is 0 Å². The fraction of sp³-hybridized carbons (Fsp3) is 0.407. The Hall–Kier alpha value is -3.95. The number of anilines is 2. The van der Waals surface area contributed by atoms with E-state index in [1.807, 2.05) is 24.3 Å². The molecule has 2 aliphatic carbocycles. The summed E-state index contributed by atoms with van der Waals surface area (Å²) < 4.78 is 24.6. The first-order chi connectivity index (χ1) is 18.0. The van der Waals surface area contributed by atoms with Crippen LogP contribution in [0.25, 0.3) is 0 Å². The smallest absolute Gasteiger partial charge is 0.411 e. The quantitative estimate of drug-likeness (QED) is 0.485. The summed E-state index contributed by atoms with van der Waals surface area (Å²) in [6.45, 7) is -0.657. The first-order valence-electron chi connectivity index (χ1n) is 12.6. The lowest BCUT2D eigenvalue weighted by molar-refractivity contribution is -0.140. The lowest BCUT2D eigenvalue weighted by Gasteiger charge is -2.46. The molecule has 2 saturated carbocycles. The highest BCUT2D eigenvalue weighted by Crippen LogP contribution is 2.54. The summed E-state index contributed by atoms with van der Waals surface area (Å²) in [4.78, 5) is 28.1. The van der Waals surface area contributed by atoms with Crippen molar-refractivity contribution in [2.24, 2.45) is 5.92 Å². The SMILES string of the molecule is O=C(O)COC(=O)N(C1CC1)[C@H]1c2ccccc2N(c2nnc(Cc3ccc(F)cc3)o2)[C@@H]2CCC[C@@H]21. The monoisotopic (exact) mass is 506 g/mol. The Morgan fingerprint density at radius 2 is 1.86 bits per heavy atom. The second kappa shape index (κ2) is 9.49. The highest BCUT2D eigenvalue weighted by molar-refractivity contribution is 5.76. The summed E-state index contributed by atoms with van der Waals surface area (Å²) in [5, 5.41) is 17.7. The number of benzene rings is 2. The third-order valence-corrected chi connectivity index (χ3v) is 7.48. The molecule has 0 radical (unpaired) electrons. The first-order valence-corrected chi connectivity index (χ1v) is 12.6. The normalized spacial score (nSPS) is 22.3. The van der Waals surface area contributed by atoms with Gasteiger partial charge in [0.05, 0.1) is 18.2 Å². The van der Waals surface area contributed by atoms with Gasteiger partial charge in [-0.25, -0.2) is 14.0 Å². The molecule has 2 heterocycles. The molecule has 2 fully saturated rings. The number of para-hydroxylation sites is 1. The lowest BCUT2D eigenvalue weighted by atomic mass is 9.82. The van der Waals surface area contributed by atoms with Crippen molar-refractivity contribution in [1.82, 2.24) is 15.1 Å². The fourth-order valence-electron chi connectivity index (χ4n) is 5.86. The average molecular weight is 507 g/mol. The number of carboxylic acid groups (broad SMARTS) is 1. The zero-order chi connectivity index (χ0) is 25.5. The van der Waals surface area contributed by atoms with Crippen LogP contribution in [0.4, 0.5) is 20.9 Å². The van der Waals surface area contributed by atoms with E-state index in [2.05, 4.69) is 15.1 Å². The Morgan fingerprint density at radius 3 is 2.62 bits per heavy atom. The van der Waals surface area contributed by atoms with Crippen molar-refractivity contribution in [2.75, 3.05) is 11.5 Å². The maximum Gasteiger partial charge on any atom is 0.411 e. The van der Waals surface area contributed by atoms with E-state index in [-0.39, 0.29) is 29.9 Å². The number of nitrogens with zero attached hydrogens (tertiary/aromatic N) is 4. The number of ether oxygens (including phenoxy) is 1. The minimum atomic E-state index is -1.18. The minimum Gasteiger partial charge on any atom is -0.479 e. The molecule has 1 aromatic heterocycles. The molecule has 6 rings (SSSR count). The van der Waals surface area contributed by atoms with Crippen LogP contribution < -0.4 is 4.90 Å². The standard InChI is InChI=1S/C27H27FN4O5/c28-17-10-8-16(9-11-17)14-23-29-30-26(37-23)32-21-6-2-1-4-19(21)25(20-5-3-7-22(20)32)31(18-12-13-18)27(35)36-15-24(33)34/h1-2,4,6,8-11,18,20,22,25H,3,5,7,12-15H2,(H,33,34)/t20-,22+,25-/m0/s1. The zero-order valence-corrected chi connectivity index (χ0v) is 20.1. The van der Waals surface area contributed by atoms with Crippen LogP contribution in [0.5, 0.6) is 0 Å². The molecule has 1 amide bonds. The number of carbonyl (C=O) groups is 2. The number of aliphatic carboxylic acids is 1. The Bertz CT molecular complexity index is 1310. The molecule has 1 aliphatic heterocycles. The van der Waals surface area contributed by atoms with Crippen molar-refractivity contribution in [1.29, 1.82) is 0 Å². The Labute approximate surface area is 212 Å². The summed E-state index contributed by atoms with van der Waals surface area (Å²) in [7, 11) is 0. The topological polar surface area (TPSA) is 109 Å². The third kappa shape index (κ3) is 4.52. The zero-order valence-electron chi connectivity index (χ0n) is 20.1. The van der Waals surface area contributed by atoms with Crippen molar-refractivity contribution in [3.63, 3.8) is 0 Å². The summed E-state index contributed by atoms with van der Waals surface area (Å²) in [5.74, 6) is -0.937. The van der Waals surface area contributed by atoms with Crippen LogP contribution in [-0.2, 0) is 16.0 Å². The number of amides is 1. The van der Waals surface area contributed by atoms with Crippen LogP contribution in [0.1, 0.15) is 55.2 Å². The summed E-state index contributed by atoms with van der Waals surface area (Å²) in [6, 6.07) is 14.3. The molecule has 3 aromatic rings. The third-order valence-electron chi connectivity index (χ3n) is 7.48. The number of carbonyl (C=O) groups excluding carboxylic acids is 1. The lowest BCUT2D eigenvalue weighted by Crippen LogP contribution is -2.49. The van der Waals surface area contributed by atoms with Gasteiger partial charge in [-0.15, -0.1) is 5.10 Å². The van der Waals surface area contributed by atoms with Crippen LogP contribution in [0.2, 0.25) is 0 Å². The molecule has 10 heteroatoms. The van der Waals surface area contributed by atoms with Crippen molar-refractivity contribution in [3.8, 4) is 0 Å². The Balaban J connectivity index is 1.34. The van der Waals surface area contributed by atoms with Gasteiger partial charge in [0.15, 0.2) is 6.61 Å².